The highest BCUT2D eigenvalue weighted by Crippen LogP contribution is 2.39. The van der Waals surface area contributed by atoms with Gasteiger partial charge in [0.1, 0.15) is 5.82 Å². The number of anilines is 1. The second-order valence-corrected chi connectivity index (χ2v) is 9.38. The summed E-state index contributed by atoms with van der Waals surface area (Å²) in [6.07, 6.45) is 2.04. The Labute approximate surface area is 227 Å². The van der Waals surface area contributed by atoms with Gasteiger partial charge in [0.2, 0.25) is 0 Å². The number of carbonyl (C=O) groups is 1. The number of ether oxygens (including phenoxy) is 2. The number of methoxy groups -OCH3 is 2. The van der Waals surface area contributed by atoms with E-state index < -0.39 is 0 Å². The van der Waals surface area contributed by atoms with Crippen molar-refractivity contribution in [1.82, 2.24) is 19.2 Å². The number of aromatic nitrogens is 3. The molecule has 5 aromatic rings. The second-order valence-electron chi connectivity index (χ2n) is 9.38. The first-order chi connectivity index (χ1) is 19.1. The van der Waals surface area contributed by atoms with Crippen LogP contribution in [0.3, 0.4) is 0 Å². The molecule has 3 aromatic carbocycles. The van der Waals surface area contributed by atoms with Crippen LogP contribution in [-0.4, -0.2) is 39.5 Å². The summed E-state index contributed by atoms with van der Waals surface area (Å²) in [5.74, 6) is 2.07. The van der Waals surface area contributed by atoms with Gasteiger partial charge in [-0.05, 0) is 48.9 Å². The van der Waals surface area contributed by atoms with Gasteiger partial charge in [-0.1, -0.05) is 48.5 Å². The van der Waals surface area contributed by atoms with Crippen molar-refractivity contribution in [3.8, 4) is 23.0 Å². The molecular weight excluding hydrogens is 490 g/mol. The molecule has 0 radical (unpaired) electrons. The van der Waals surface area contributed by atoms with E-state index in [0.717, 1.165) is 34.0 Å². The fourth-order valence-electron chi connectivity index (χ4n) is 5.24. The fourth-order valence-corrected chi connectivity index (χ4v) is 5.24. The molecule has 8 nitrogen and oxygen atoms in total. The molecule has 39 heavy (non-hydrogen) atoms. The van der Waals surface area contributed by atoms with E-state index in [1.807, 2.05) is 77.3 Å². The van der Waals surface area contributed by atoms with Crippen LogP contribution in [0.5, 0.6) is 11.5 Å². The standard InChI is InChI=1S/C31H29N5O3/c1-21-25-20-35(31(37)32-23-16-17-27(38-2)28(19-23)39-3)29(22-11-6-4-7-12-22)26-15-10-18-34(26)30(25)36(33-21)24-13-8-5-9-14-24/h4-19,29H,20H2,1-3H3,(H,32,37)/t29-/m0/s1. The lowest BCUT2D eigenvalue weighted by Gasteiger charge is -2.31. The number of nitrogens with one attached hydrogen (secondary N) is 1. The van der Waals surface area contributed by atoms with E-state index in [4.69, 9.17) is 14.6 Å². The molecule has 2 aromatic heterocycles. The van der Waals surface area contributed by atoms with Crippen LogP contribution in [-0.2, 0) is 6.54 Å². The second kappa shape index (κ2) is 10.1. The molecule has 1 aliphatic rings. The zero-order chi connectivity index (χ0) is 26.9. The maximum Gasteiger partial charge on any atom is 0.322 e. The molecule has 0 aliphatic carbocycles. The Bertz CT molecular complexity index is 1630. The Morgan fingerprint density at radius 3 is 2.33 bits per heavy atom. The molecule has 0 fully saturated rings. The average Bonchev–Trinajstić information content (AvgIpc) is 3.54. The molecule has 0 unspecified atom stereocenters. The van der Waals surface area contributed by atoms with Gasteiger partial charge < -0.3 is 24.3 Å². The molecule has 6 rings (SSSR count). The van der Waals surface area contributed by atoms with E-state index in [1.54, 1.807) is 32.4 Å². The third-order valence-corrected chi connectivity index (χ3v) is 7.10. The summed E-state index contributed by atoms with van der Waals surface area (Å²) in [5, 5.41) is 8.00. The van der Waals surface area contributed by atoms with Crippen LogP contribution in [0.4, 0.5) is 10.5 Å². The van der Waals surface area contributed by atoms with Gasteiger partial charge in [-0.25, -0.2) is 9.48 Å². The van der Waals surface area contributed by atoms with Gasteiger partial charge >= 0.3 is 6.03 Å². The molecule has 2 amide bonds. The fraction of sp³-hybridized carbons (Fsp3) is 0.161. The average molecular weight is 520 g/mol. The van der Waals surface area contributed by atoms with Gasteiger partial charge in [0, 0.05) is 23.5 Å². The Kier molecular flexibility index (Phi) is 6.28. The summed E-state index contributed by atoms with van der Waals surface area (Å²) in [5.41, 5.74) is 5.41. The number of fused-ring (bicyclic) bond motifs is 3. The summed E-state index contributed by atoms with van der Waals surface area (Å²) < 4.78 is 14.9. The molecule has 3 heterocycles. The monoisotopic (exact) mass is 519 g/mol. The summed E-state index contributed by atoms with van der Waals surface area (Å²) in [6, 6.07) is 29.1. The quantitative estimate of drug-likeness (QED) is 0.303. The van der Waals surface area contributed by atoms with Crippen molar-refractivity contribution in [3.05, 3.63) is 120 Å². The minimum Gasteiger partial charge on any atom is -0.493 e. The smallest absolute Gasteiger partial charge is 0.322 e. The Morgan fingerprint density at radius 1 is 0.897 bits per heavy atom. The highest BCUT2D eigenvalue weighted by Gasteiger charge is 2.36. The van der Waals surface area contributed by atoms with Gasteiger partial charge in [0.05, 0.1) is 43.9 Å². The summed E-state index contributed by atoms with van der Waals surface area (Å²) in [7, 11) is 3.16. The molecular formula is C31H29N5O3. The number of hydrogen-bond donors (Lipinski definition) is 1. The molecule has 1 N–H and O–H groups in total. The lowest BCUT2D eigenvalue weighted by atomic mass is 10.0. The molecule has 1 aliphatic heterocycles. The maximum absolute atomic E-state index is 14.1. The molecule has 196 valence electrons. The van der Waals surface area contributed by atoms with Crippen LogP contribution in [0.2, 0.25) is 0 Å². The van der Waals surface area contributed by atoms with E-state index in [9.17, 15) is 4.79 Å². The van der Waals surface area contributed by atoms with Gasteiger partial charge in [-0.2, -0.15) is 5.10 Å². The van der Waals surface area contributed by atoms with E-state index in [0.29, 0.717) is 23.7 Å². The van der Waals surface area contributed by atoms with Crippen molar-refractivity contribution >= 4 is 11.7 Å². The van der Waals surface area contributed by atoms with Crippen molar-refractivity contribution in [3.63, 3.8) is 0 Å². The SMILES string of the molecule is COc1ccc(NC(=O)N2Cc3c(C)nn(-c4ccccc4)c3-n3cccc3[C@@H]2c2ccccc2)cc1OC. The van der Waals surface area contributed by atoms with Crippen molar-refractivity contribution in [2.75, 3.05) is 19.5 Å². The Balaban J connectivity index is 1.49. The van der Waals surface area contributed by atoms with Gasteiger partial charge in [-0.15, -0.1) is 0 Å². The number of rotatable bonds is 5. The van der Waals surface area contributed by atoms with Gasteiger partial charge in [-0.3, -0.25) is 0 Å². The first kappa shape index (κ1) is 24.4. The number of nitrogens with zero attached hydrogens (tertiary/aromatic N) is 4. The predicted molar refractivity (Wildman–Crippen MR) is 150 cm³/mol. The Hall–Kier alpha value is -4.98. The van der Waals surface area contributed by atoms with Crippen molar-refractivity contribution in [2.45, 2.75) is 19.5 Å². The van der Waals surface area contributed by atoms with Crippen molar-refractivity contribution in [2.24, 2.45) is 0 Å². The van der Waals surface area contributed by atoms with E-state index >= 15 is 0 Å². The van der Waals surface area contributed by atoms with Gasteiger partial charge in [0.15, 0.2) is 11.5 Å². The largest absolute Gasteiger partial charge is 0.493 e. The third-order valence-electron chi connectivity index (χ3n) is 7.10. The normalized spacial score (nSPS) is 14.2. The summed E-state index contributed by atoms with van der Waals surface area (Å²) in [6.45, 7) is 2.36. The molecule has 1 atom stereocenters. The summed E-state index contributed by atoms with van der Waals surface area (Å²) >= 11 is 0. The summed E-state index contributed by atoms with van der Waals surface area (Å²) in [4.78, 5) is 16.0. The van der Waals surface area contributed by atoms with Crippen molar-refractivity contribution in [1.29, 1.82) is 0 Å². The number of aryl methyl sites for hydroxylation is 1. The van der Waals surface area contributed by atoms with Crippen LogP contribution in [0, 0.1) is 6.92 Å². The first-order valence-electron chi connectivity index (χ1n) is 12.7. The minimum absolute atomic E-state index is 0.233. The number of carbonyl (C=O) groups excluding carboxylic acids is 1. The maximum atomic E-state index is 14.1. The number of para-hydroxylation sites is 1. The van der Waals surface area contributed by atoms with E-state index in [2.05, 4.69) is 28.1 Å². The Morgan fingerprint density at radius 2 is 1.62 bits per heavy atom. The highest BCUT2D eigenvalue weighted by molar-refractivity contribution is 5.90. The van der Waals surface area contributed by atoms with E-state index in [-0.39, 0.29) is 12.1 Å². The lowest BCUT2D eigenvalue weighted by molar-refractivity contribution is 0.194. The first-order valence-corrected chi connectivity index (χ1v) is 12.7. The molecule has 0 saturated carbocycles. The van der Waals surface area contributed by atoms with Crippen LogP contribution in [0.1, 0.15) is 28.6 Å². The van der Waals surface area contributed by atoms with Crippen LogP contribution >= 0.6 is 0 Å². The predicted octanol–water partition coefficient (Wildman–Crippen LogP) is 6.13. The van der Waals surface area contributed by atoms with Crippen molar-refractivity contribution < 1.29 is 14.3 Å². The zero-order valence-electron chi connectivity index (χ0n) is 22.0. The van der Waals surface area contributed by atoms with E-state index in [1.165, 1.54) is 0 Å². The number of benzene rings is 3. The molecule has 0 bridgehead atoms. The lowest BCUT2D eigenvalue weighted by Crippen LogP contribution is -2.38. The highest BCUT2D eigenvalue weighted by atomic mass is 16.5. The number of amides is 2. The van der Waals surface area contributed by atoms with Crippen LogP contribution < -0.4 is 14.8 Å². The third kappa shape index (κ3) is 4.29. The number of urea groups is 1. The van der Waals surface area contributed by atoms with Crippen LogP contribution in [0.25, 0.3) is 11.5 Å². The zero-order valence-corrected chi connectivity index (χ0v) is 22.0. The molecule has 8 heteroatoms. The minimum atomic E-state index is -0.336. The van der Waals surface area contributed by atoms with Crippen LogP contribution in [0.15, 0.2) is 97.2 Å². The van der Waals surface area contributed by atoms with Gasteiger partial charge in [0.25, 0.3) is 0 Å². The molecule has 0 saturated heterocycles. The molecule has 0 spiro atoms. The number of hydrogen-bond acceptors (Lipinski definition) is 4. The topological polar surface area (TPSA) is 73.5 Å².